The number of esters is 2. The van der Waals surface area contributed by atoms with E-state index in [1.54, 1.807) is 45.9 Å². The van der Waals surface area contributed by atoms with E-state index >= 15 is 0 Å². The van der Waals surface area contributed by atoms with E-state index in [0.29, 0.717) is 5.56 Å². The van der Waals surface area contributed by atoms with E-state index in [1.165, 1.54) is 19.9 Å². The van der Waals surface area contributed by atoms with Gasteiger partial charge in [0.1, 0.15) is 5.82 Å². The van der Waals surface area contributed by atoms with Gasteiger partial charge in [-0.25, -0.2) is 13.3 Å². The minimum Gasteiger partial charge on any atom is -0.422 e. The van der Waals surface area contributed by atoms with Crippen LogP contribution in [0, 0.1) is 11.7 Å². The molecule has 1 aromatic carbocycles. The summed E-state index contributed by atoms with van der Waals surface area (Å²) in [6, 6.07) is 6.17. The van der Waals surface area contributed by atoms with Gasteiger partial charge >= 0.3 is 11.9 Å². The molecule has 156 valence electrons. The van der Waals surface area contributed by atoms with Crippen LogP contribution < -0.4 is 4.72 Å². The molecule has 2 atom stereocenters. The summed E-state index contributed by atoms with van der Waals surface area (Å²) in [5.74, 6) is -4.21. The van der Waals surface area contributed by atoms with Gasteiger partial charge in [0, 0.05) is 19.4 Å². The number of cyclic esters (lactones) is 2. The highest BCUT2D eigenvalue weighted by Gasteiger charge is 2.44. The van der Waals surface area contributed by atoms with E-state index < -0.39 is 50.7 Å². The third kappa shape index (κ3) is 5.17. The van der Waals surface area contributed by atoms with Crippen molar-refractivity contribution in [3.8, 4) is 0 Å². The van der Waals surface area contributed by atoms with E-state index in [2.05, 4.69) is 4.72 Å². The number of carbonyl (C=O) groups is 2. The first-order valence-corrected chi connectivity index (χ1v) is 10.3. The summed E-state index contributed by atoms with van der Waals surface area (Å²) >= 11 is 0. The molecule has 1 aromatic rings. The van der Waals surface area contributed by atoms with Gasteiger partial charge < -0.3 is 9.47 Å². The summed E-state index contributed by atoms with van der Waals surface area (Å²) in [7, 11) is -1.50. The Labute approximate surface area is 167 Å². The highest BCUT2D eigenvalue weighted by molar-refractivity contribution is 7.84. The van der Waals surface area contributed by atoms with Gasteiger partial charge in [-0.3, -0.25) is 9.59 Å². The van der Waals surface area contributed by atoms with Crippen molar-refractivity contribution in [1.82, 2.24) is 4.72 Å². The van der Waals surface area contributed by atoms with Crippen molar-refractivity contribution in [2.75, 3.05) is 0 Å². The molecule has 0 spiro atoms. The highest BCUT2D eigenvalue weighted by atomic mass is 32.2. The molecule has 6 nitrogen and oxygen atoms in total. The zero-order valence-corrected chi connectivity index (χ0v) is 17.9. The molecule has 1 aliphatic heterocycles. The van der Waals surface area contributed by atoms with Crippen LogP contribution in [0.3, 0.4) is 0 Å². The third-order valence-corrected chi connectivity index (χ3v) is 6.29. The number of halogens is 1. The lowest BCUT2D eigenvalue weighted by Gasteiger charge is -2.36. The van der Waals surface area contributed by atoms with Crippen molar-refractivity contribution in [3.63, 3.8) is 0 Å². The molecule has 1 heterocycles. The number of carbonyl (C=O) groups excluding carboxylic acids is 2. The lowest BCUT2D eigenvalue weighted by Crippen LogP contribution is -2.49. The van der Waals surface area contributed by atoms with Gasteiger partial charge in [0.2, 0.25) is 0 Å². The van der Waals surface area contributed by atoms with Gasteiger partial charge in [-0.2, -0.15) is 0 Å². The summed E-state index contributed by atoms with van der Waals surface area (Å²) in [6.07, 6.45) is 0.234. The molecule has 2 rings (SSSR count). The van der Waals surface area contributed by atoms with Crippen molar-refractivity contribution in [1.29, 1.82) is 0 Å². The van der Waals surface area contributed by atoms with Crippen LogP contribution in [0.4, 0.5) is 4.39 Å². The number of hydrogen-bond acceptors (Lipinski definition) is 5. The average molecular weight is 414 g/mol. The van der Waals surface area contributed by atoms with Crippen molar-refractivity contribution in [2.24, 2.45) is 5.92 Å². The molecular weight excluding hydrogens is 385 g/mol. The first kappa shape index (κ1) is 22.5. The SMILES string of the molecule is CC1(C)OC(=O)C(CCC(C)(NS(=O)C(C)(C)C)c2ccccc2F)C(=O)O1. The minimum absolute atomic E-state index is 0.0624. The molecule has 0 amide bonds. The van der Waals surface area contributed by atoms with Crippen LogP contribution in [0.5, 0.6) is 0 Å². The van der Waals surface area contributed by atoms with Crippen LogP contribution in [0.25, 0.3) is 0 Å². The number of nitrogens with one attached hydrogen (secondary N) is 1. The number of rotatable bonds is 6. The van der Waals surface area contributed by atoms with E-state index in [9.17, 15) is 18.2 Å². The second-order valence-corrected chi connectivity index (χ2v) is 10.6. The smallest absolute Gasteiger partial charge is 0.323 e. The molecule has 1 fully saturated rings. The molecule has 2 unspecified atom stereocenters. The molecule has 1 saturated heterocycles. The Bertz CT molecular complexity index is 769. The normalized spacial score (nSPS) is 20.8. The second-order valence-electron chi connectivity index (χ2n) is 8.63. The van der Waals surface area contributed by atoms with Crippen molar-refractivity contribution >= 4 is 22.9 Å². The van der Waals surface area contributed by atoms with Crippen LogP contribution in [0.1, 0.15) is 59.9 Å². The van der Waals surface area contributed by atoms with E-state index in [0.717, 1.165) is 0 Å². The maximum absolute atomic E-state index is 14.5. The minimum atomic E-state index is -1.50. The van der Waals surface area contributed by atoms with Gasteiger partial charge in [-0.1, -0.05) is 18.2 Å². The van der Waals surface area contributed by atoms with Crippen molar-refractivity contribution in [2.45, 2.75) is 70.5 Å². The lowest BCUT2D eigenvalue weighted by atomic mass is 9.85. The predicted octanol–water partition coefficient (Wildman–Crippen LogP) is 3.33. The molecule has 8 heteroatoms. The quantitative estimate of drug-likeness (QED) is 0.571. The molecule has 0 aliphatic carbocycles. The molecular formula is C20H28FNO5S. The standard InChI is InChI=1S/C20H28FNO5S/c1-18(2,3)28(25)22-20(6,14-9-7-8-10-15(14)21)12-11-13-16(23)26-19(4,5)27-17(13)24/h7-10,13,22H,11-12H2,1-6H3. The third-order valence-electron chi connectivity index (χ3n) is 4.54. The zero-order valence-electron chi connectivity index (χ0n) is 17.1. The summed E-state index contributed by atoms with van der Waals surface area (Å²) in [5.41, 5.74) is -0.762. The van der Waals surface area contributed by atoms with Crippen LogP contribution in [0.15, 0.2) is 24.3 Å². The number of ether oxygens (including phenoxy) is 2. The van der Waals surface area contributed by atoms with Crippen LogP contribution in [-0.2, 0) is 35.6 Å². The monoisotopic (exact) mass is 413 g/mol. The number of hydrogen-bond donors (Lipinski definition) is 1. The fraction of sp³-hybridized carbons (Fsp3) is 0.600. The first-order valence-electron chi connectivity index (χ1n) is 9.16. The van der Waals surface area contributed by atoms with Gasteiger partial charge in [-0.05, 0) is 46.6 Å². The summed E-state index contributed by atoms with van der Waals surface area (Å²) in [4.78, 5) is 24.5. The number of benzene rings is 1. The molecule has 0 bridgehead atoms. The first-order chi connectivity index (χ1) is 12.8. The Balaban J connectivity index is 2.28. The summed E-state index contributed by atoms with van der Waals surface area (Å²) < 4.78 is 40.0. The lowest BCUT2D eigenvalue weighted by molar-refractivity contribution is -0.240. The fourth-order valence-corrected chi connectivity index (χ4v) is 3.85. The summed E-state index contributed by atoms with van der Waals surface area (Å²) in [6.45, 7) is 10.1. The predicted molar refractivity (Wildman–Crippen MR) is 104 cm³/mol. The second kappa shape index (κ2) is 7.91. The van der Waals surface area contributed by atoms with Gasteiger partial charge in [0.15, 0.2) is 5.92 Å². The van der Waals surface area contributed by atoms with Gasteiger partial charge in [-0.15, -0.1) is 0 Å². The Hall–Kier alpha value is -1.80. The Morgan fingerprint density at radius 1 is 1.11 bits per heavy atom. The Kier molecular flexibility index (Phi) is 6.35. The average Bonchev–Trinajstić information content (AvgIpc) is 2.52. The molecule has 0 aromatic heterocycles. The van der Waals surface area contributed by atoms with Crippen molar-refractivity contribution < 1.29 is 27.7 Å². The topological polar surface area (TPSA) is 81.7 Å². The van der Waals surface area contributed by atoms with E-state index in [1.807, 2.05) is 0 Å². The maximum atomic E-state index is 14.5. The maximum Gasteiger partial charge on any atom is 0.323 e. The van der Waals surface area contributed by atoms with Crippen LogP contribution in [-0.4, -0.2) is 26.7 Å². The molecule has 1 N–H and O–H groups in total. The largest absolute Gasteiger partial charge is 0.422 e. The van der Waals surface area contributed by atoms with E-state index in [-0.39, 0.29) is 12.8 Å². The van der Waals surface area contributed by atoms with Crippen LogP contribution >= 0.6 is 0 Å². The molecule has 0 radical (unpaired) electrons. The molecule has 0 saturated carbocycles. The highest BCUT2D eigenvalue weighted by Crippen LogP contribution is 2.34. The van der Waals surface area contributed by atoms with Gasteiger partial charge in [0.25, 0.3) is 5.79 Å². The van der Waals surface area contributed by atoms with Crippen LogP contribution in [0.2, 0.25) is 0 Å². The summed E-state index contributed by atoms with van der Waals surface area (Å²) in [5, 5.41) is 0. The van der Waals surface area contributed by atoms with Crippen molar-refractivity contribution in [3.05, 3.63) is 35.6 Å². The van der Waals surface area contributed by atoms with E-state index in [4.69, 9.17) is 9.47 Å². The zero-order chi connectivity index (χ0) is 21.3. The molecule has 28 heavy (non-hydrogen) atoms. The van der Waals surface area contributed by atoms with Gasteiger partial charge in [0.05, 0.1) is 21.3 Å². The molecule has 1 aliphatic rings. The fourth-order valence-electron chi connectivity index (χ4n) is 2.92. The Morgan fingerprint density at radius 2 is 1.64 bits per heavy atom. The Morgan fingerprint density at radius 3 is 2.14 bits per heavy atom.